The second-order valence-electron chi connectivity index (χ2n) is 6.71. The number of hydrogen-bond donors (Lipinski definition) is 0. The fourth-order valence-electron chi connectivity index (χ4n) is 3.35. The van der Waals surface area contributed by atoms with Gasteiger partial charge in [-0.1, -0.05) is 12.2 Å². The number of Topliss-reactive ketones (excluding diaryl/α,β-unsaturated/α-hetero) is 1. The molecule has 2 rings (SSSR count). The van der Waals surface area contributed by atoms with Crippen molar-refractivity contribution in [2.75, 3.05) is 0 Å². The SMILES string of the molecule is CC(=O)C(C(=O)OC(C)C)=C(C1=CCCCC1)C1=CCCCC1. The first-order valence-corrected chi connectivity index (χ1v) is 8.85. The van der Waals surface area contributed by atoms with Crippen molar-refractivity contribution >= 4 is 11.8 Å². The molecule has 23 heavy (non-hydrogen) atoms. The van der Waals surface area contributed by atoms with Crippen molar-refractivity contribution in [1.82, 2.24) is 0 Å². The lowest BCUT2D eigenvalue weighted by Crippen LogP contribution is -2.21. The van der Waals surface area contributed by atoms with Gasteiger partial charge in [-0.3, -0.25) is 4.79 Å². The minimum atomic E-state index is -0.472. The lowest BCUT2D eigenvalue weighted by Gasteiger charge is -2.24. The Morgan fingerprint density at radius 3 is 1.83 bits per heavy atom. The zero-order chi connectivity index (χ0) is 16.8. The predicted octanol–water partition coefficient (Wildman–Crippen LogP) is 4.82. The van der Waals surface area contributed by atoms with Crippen LogP contribution in [0.15, 0.2) is 34.4 Å². The summed E-state index contributed by atoms with van der Waals surface area (Å²) in [5.41, 5.74) is 3.45. The largest absolute Gasteiger partial charge is 0.459 e. The maximum Gasteiger partial charge on any atom is 0.342 e. The average Bonchev–Trinajstić information content (AvgIpc) is 2.53. The van der Waals surface area contributed by atoms with Gasteiger partial charge in [-0.2, -0.15) is 0 Å². The summed E-state index contributed by atoms with van der Waals surface area (Å²) in [7, 11) is 0. The minimum Gasteiger partial charge on any atom is -0.459 e. The van der Waals surface area contributed by atoms with Crippen molar-refractivity contribution in [3.63, 3.8) is 0 Å². The molecule has 0 aliphatic heterocycles. The molecule has 0 radical (unpaired) electrons. The van der Waals surface area contributed by atoms with E-state index in [0.29, 0.717) is 0 Å². The summed E-state index contributed by atoms with van der Waals surface area (Å²) >= 11 is 0. The Morgan fingerprint density at radius 2 is 1.48 bits per heavy atom. The molecule has 0 unspecified atom stereocenters. The summed E-state index contributed by atoms with van der Waals surface area (Å²) in [5.74, 6) is -0.663. The van der Waals surface area contributed by atoms with Crippen molar-refractivity contribution in [3.8, 4) is 0 Å². The molecule has 3 nitrogen and oxygen atoms in total. The number of allylic oxidation sites excluding steroid dienone is 5. The molecule has 0 atom stereocenters. The van der Waals surface area contributed by atoms with Gasteiger partial charge < -0.3 is 4.74 Å². The summed E-state index contributed by atoms with van der Waals surface area (Å²) in [6.07, 6.45) is 12.7. The van der Waals surface area contributed by atoms with Gasteiger partial charge in [-0.05, 0) is 88.9 Å². The molecule has 0 bridgehead atoms. The Hall–Kier alpha value is -1.64. The highest BCUT2D eigenvalue weighted by atomic mass is 16.5. The Balaban J connectivity index is 2.54. The molecule has 2 aliphatic rings. The Morgan fingerprint density at radius 1 is 0.957 bits per heavy atom. The van der Waals surface area contributed by atoms with Gasteiger partial charge in [0.15, 0.2) is 5.78 Å². The average molecular weight is 316 g/mol. The number of ketones is 1. The van der Waals surface area contributed by atoms with E-state index in [1.807, 2.05) is 13.8 Å². The fourth-order valence-corrected chi connectivity index (χ4v) is 3.35. The van der Waals surface area contributed by atoms with Crippen molar-refractivity contribution < 1.29 is 14.3 Å². The maximum absolute atomic E-state index is 12.6. The van der Waals surface area contributed by atoms with Crippen LogP contribution in [-0.4, -0.2) is 17.9 Å². The first-order chi connectivity index (χ1) is 11.0. The predicted molar refractivity (Wildman–Crippen MR) is 92.0 cm³/mol. The van der Waals surface area contributed by atoms with E-state index in [9.17, 15) is 9.59 Å². The summed E-state index contributed by atoms with van der Waals surface area (Å²) in [6.45, 7) is 5.11. The number of hydrogen-bond acceptors (Lipinski definition) is 3. The molecule has 126 valence electrons. The number of rotatable bonds is 5. The van der Waals surface area contributed by atoms with Gasteiger partial charge in [0.1, 0.15) is 5.57 Å². The van der Waals surface area contributed by atoms with E-state index < -0.39 is 5.97 Å². The lowest BCUT2D eigenvalue weighted by atomic mass is 9.81. The molecule has 2 aliphatic carbocycles. The van der Waals surface area contributed by atoms with E-state index >= 15 is 0 Å². The zero-order valence-corrected chi connectivity index (χ0v) is 14.6. The van der Waals surface area contributed by atoms with Crippen LogP contribution in [0.25, 0.3) is 0 Å². The normalized spacial score (nSPS) is 18.1. The highest BCUT2D eigenvalue weighted by Crippen LogP contribution is 2.36. The van der Waals surface area contributed by atoms with Gasteiger partial charge in [0, 0.05) is 0 Å². The number of esters is 1. The van der Waals surface area contributed by atoms with Crippen LogP contribution >= 0.6 is 0 Å². The molecule has 3 heteroatoms. The molecule has 0 aromatic heterocycles. The van der Waals surface area contributed by atoms with E-state index in [4.69, 9.17) is 4.74 Å². The third-order valence-electron chi connectivity index (χ3n) is 4.37. The van der Waals surface area contributed by atoms with Gasteiger partial charge in [0.2, 0.25) is 0 Å². The summed E-state index contributed by atoms with van der Waals surface area (Å²) in [5, 5.41) is 0. The van der Waals surface area contributed by atoms with Crippen LogP contribution in [0.4, 0.5) is 0 Å². The Bertz CT molecular complexity index is 533. The lowest BCUT2D eigenvalue weighted by molar-refractivity contribution is -0.143. The van der Waals surface area contributed by atoms with Crippen LogP contribution in [0.5, 0.6) is 0 Å². The first kappa shape index (κ1) is 17.7. The molecular weight excluding hydrogens is 288 g/mol. The van der Waals surface area contributed by atoms with Gasteiger partial charge in [-0.25, -0.2) is 4.79 Å². The van der Waals surface area contributed by atoms with Crippen LogP contribution in [0.3, 0.4) is 0 Å². The second kappa shape index (κ2) is 8.28. The fraction of sp³-hybridized carbons (Fsp3) is 0.600. The first-order valence-electron chi connectivity index (χ1n) is 8.85. The standard InChI is InChI=1S/C20H28O3/c1-14(2)23-20(22)18(15(3)21)19(16-10-6-4-7-11-16)17-12-8-5-9-13-17/h10,12,14H,4-9,11,13H2,1-3H3. The minimum absolute atomic E-state index is 0.191. The van der Waals surface area contributed by atoms with Crippen molar-refractivity contribution in [1.29, 1.82) is 0 Å². The summed E-state index contributed by atoms with van der Waals surface area (Å²) in [6, 6.07) is 0. The van der Waals surface area contributed by atoms with E-state index in [2.05, 4.69) is 12.2 Å². The summed E-state index contributed by atoms with van der Waals surface area (Å²) in [4.78, 5) is 24.8. The molecular formula is C20H28O3. The van der Waals surface area contributed by atoms with E-state index in [1.54, 1.807) is 0 Å². The molecule has 0 saturated carbocycles. The highest BCUT2D eigenvalue weighted by Gasteiger charge is 2.27. The molecule has 0 amide bonds. The Kier molecular flexibility index (Phi) is 6.37. The number of ether oxygens (including phenoxy) is 1. The van der Waals surface area contributed by atoms with E-state index in [0.717, 1.165) is 55.2 Å². The van der Waals surface area contributed by atoms with E-state index in [1.165, 1.54) is 19.8 Å². The van der Waals surface area contributed by atoms with Crippen molar-refractivity contribution in [2.45, 2.75) is 78.2 Å². The third kappa shape index (κ3) is 4.66. The van der Waals surface area contributed by atoms with Crippen molar-refractivity contribution in [3.05, 3.63) is 34.4 Å². The molecule has 0 spiro atoms. The molecule has 0 fully saturated rings. The van der Waals surface area contributed by atoms with Crippen LogP contribution in [0, 0.1) is 0 Å². The third-order valence-corrected chi connectivity index (χ3v) is 4.37. The maximum atomic E-state index is 12.6. The van der Waals surface area contributed by atoms with E-state index in [-0.39, 0.29) is 17.5 Å². The van der Waals surface area contributed by atoms with Crippen LogP contribution in [0.2, 0.25) is 0 Å². The number of carbonyl (C=O) groups is 2. The van der Waals surface area contributed by atoms with Crippen LogP contribution < -0.4 is 0 Å². The van der Waals surface area contributed by atoms with Gasteiger partial charge in [0.05, 0.1) is 6.10 Å². The van der Waals surface area contributed by atoms with Gasteiger partial charge in [0.25, 0.3) is 0 Å². The molecule has 0 aromatic carbocycles. The molecule has 0 N–H and O–H groups in total. The number of carbonyl (C=O) groups excluding carboxylic acids is 2. The summed E-state index contributed by atoms with van der Waals surface area (Å²) < 4.78 is 5.36. The highest BCUT2D eigenvalue weighted by molar-refractivity contribution is 6.18. The monoisotopic (exact) mass is 316 g/mol. The second-order valence-corrected chi connectivity index (χ2v) is 6.71. The van der Waals surface area contributed by atoms with Crippen LogP contribution in [-0.2, 0) is 14.3 Å². The molecule has 0 saturated heterocycles. The molecule has 0 aromatic rings. The molecule has 0 heterocycles. The van der Waals surface area contributed by atoms with Crippen LogP contribution in [0.1, 0.15) is 72.1 Å². The van der Waals surface area contributed by atoms with Crippen molar-refractivity contribution in [2.24, 2.45) is 0 Å². The Labute approximate surface area is 139 Å². The van der Waals surface area contributed by atoms with Gasteiger partial charge >= 0.3 is 5.97 Å². The zero-order valence-electron chi connectivity index (χ0n) is 14.6. The smallest absolute Gasteiger partial charge is 0.342 e. The van der Waals surface area contributed by atoms with Gasteiger partial charge in [-0.15, -0.1) is 0 Å². The topological polar surface area (TPSA) is 43.4 Å². The quantitative estimate of drug-likeness (QED) is 0.316.